The average molecular weight is 518 g/mol. The number of rotatable bonds is 9. The van der Waals surface area contributed by atoms with E-state index in [0.29, 0.717) is 5.56 Å². The van der Waals surface area contributed by atoms with Gasteiger partial charge in [-0.15, -0.1) is 0 Å². The first-order chi connectivity index (χ1) is 17.5. The molecule has 0 radical (unpaired) electrons. The van der Waals surface area contributed by atoms with Crippen molar-refractivity contribution in [2.45, 2.75) is 84.2 Å². The standard InChI is InChI=1S/C29H43NO7/c1-8-35-25(32)29(26(33)36-9-2)21(19-37-30-27(3,4)16-13-17-28(30,5)6)18-22(24(31)34-7)23(29)20-14-11-10-12-15-20/h10-12,14-15,21-23H,8-9,13,16-19H2,1-7H3/t21-,22-,23-/m1/s1. The third-order valence-corrected chi connectivity index (χ3v) is 8.05. The molecular weight excluding hydrogens is 474 g/mol. The second-order valence-corrected chi connectivity index (χ2v) is 11.3. The molecule has 0 N–H and O–H groups in total. The van der Waals surface area contributed by atoms with E-state index in [-0.39, 0.29) is 37.3 Å². The Labute approximate surface area is 220 Å². The van der Waals surface area contributed by atoms with Crippen LogP contribution in [0.25, 0.3) is 0 Å². The number of hydrogen-bond acceptors (Lipinski definition) is 8. The first-order valence-corrected chi connectivity index (χ1v) is 13.4. The number of carbonyl (C=O) groups excluding carboxylic acids is 3. The zero-order valence-corrected chi connectivity index (χ0v) is 23.4. The Bertz CT molecular complexity index is 924. The lowest BCUT2D eigenvalue weighted by Crippen LogP contribution is -2.59. The summed E-state index contributed by atoms with van der Waals surface area (Å²) in [6, 6.07) is 9.16. The quantitative estimate of drug-likeness (QED) is 0.265. The van der Waals surface area contributed by atoms with Gasteiger partial charge in [-0.2, -0.15) is 5.06 Å². The van der Waals surface area contributed by atoms with Gasteiger partial charge >= 0.3 is 17.9 Å². The number of esters is 3. The molecule has 1 saturated carbocycles. The van der Waals surface area contributed by atoms with Crippen molar-refractivity contribution in [2.75, 3.05) is 26.9 Å². The fraction of sp³-hybridized carbons (Fsp3) is 0.690. The number of methoxy groups -OCH3 is 1. The van der Waals surface area contributed by atoms with Gasteiger partial charge < -0.3 is 14.2 Å². The summed E-state index contributed by atoms with van der Waals surface area (Å²) < 4.78 is 16.3. The predicted molar refractivity (Wildman–Crippen MR) is 138 cm³/mol. The lowest BCUT2D eigenvalue weighted by molar-refractivity contribution is -0.289. The molecule has 3 rings (SSSR count). The highest BCUT2D eigenvalue weighted by molar-refractivity contribution is 6.03. The second-order valence-electron chi connectivity index (χ2n) is 11.3. The molecule has 8 heteroatoms. The maximum atomic E-state index is 13.9. The molecule has 8 nitrogen and oxygen atoms in total. The van der Waals surface area contributed by atoms with Gasteiger partial charge in [-0.05, 0) is 72.8 Å². The third-order valence-electron chi connectivity index (χ3n) is 8.05. The smallest absolute Gasteiger partial charge is 0.324 e. The Morgan fingerprint density at radius 1 is 0.919 bits per heavy atom. The number of hydrogen-bond donors (Lipinski definition) is 0. The van der Waals surface area contributed by atoms with Crippen LogP contribution in [-0.4, -0.2) is 61.0 Å². The van der Waals surface area contributed by atoms with Crippen molar-refractivity contribution >= 4 is 17.9 Å². The monoisotopic (exact) mass is 517 g/mol. The van der Waals surface area contributed by atoms with Crippen LogP contribution in [-0.2, 0) is 33.4 Å². The molecule has 206 valence electrons. The predicted octanol–water partition coefficient (Wildman–Crippen LogP) is 4.67. The normalized spacial score (nSPS) is 26.3. The van der Waals surface area contributed by atoms with Crippen molar-refractivity contribution in [2.24, 2.45) is 17.3 Å². The van der Waals surface area contributed by atoms with E-state index in [1.807, 2.05) is 35.4 Å². The largest absolute Gasteiger partial charge is 0.469 e. The summed E-state index contributed by atoms with van der Waals surface area (Å²) in [5, 5.41) is 2.01. The number of carbonyl (C=O) groups is 3. The SMILES string of the molecule is CCOC(=O)C1(C(=O)OCC)[C@@H](CON2C(C)(C)CCCC2(C)C)C[C@@H](C(=O)OC)[C@H]1c1ccccc1. The highest BCUT2D eigenvalue weighted by atomic mass is 16.7. The Kier molecular flexibility index (Phi) is 9.06. The fourth-order valence-electron chi connectivity index (χ4n) is 6.60. The molecule has 1 aromatic rings. The summed E-state index contributed by atoms with van der Waals surface area (Å²) in [6.07, 6.45) is 3.22. The van der Waals surface area contributed by atoms with E-state index in [0.717, 1.165) is 19.3 Å². The van der Waals surface area contributed by atoms with Crippen molar-refractivity contribution in [3.63, 3.8) is 0 Å². The van der Waals surface area contributed by atoms with Crippen molar-refractivity contribution in [1.82, 2.24) is 5.06 Å². The number of ether oxygens (including phenoxy) is 3. The highest BCUT2D eigenvalue weighted by Crippen LogP contribution is 2.58. The van der Waals surface area contributed by atoms with E-state index >= 15 is 0 Å². The van der Waals surface area contributed by atoms with Gasteiger partial charge in [0, 0.05) is 22.9 Å². The molecule has 1 aliphatic carbocycles. The highest BCUT2D eigenvalue weighted by Gasteiger charge is 2.68. The summed E-state index contributed by atoms with van der Waals surface area (Å²) in [5.41, 5.74) is -1.56. The van der Waals surface area contributed by atoms with E-state index in [1.54, 1.807) is 13.8 Å². The Morgan fingerprint density at radius 2 is 1.46 bits per heavy atom. The molecule has 0 amide bonds. The average Bonchev–Trinajstić information content (AvgIpc) is 3.19. The summed E-state index contributed by atoms with van der Waals surface area (Å²) in [5.74, 6) is -4.12. The van der Waals surface area contributed by atoms with Gasteiger partial charge in [0.1, 0.15) is 0 Å². The summed E-state index contributed by atoms with van der Waals surface area (Å²) in [6.45, 7) is 12.2. The molecule has 1 aromatic carbocycles. The number of benzene rings is 1. The molecule has 1 aliphatic heterocycles. The van der Waals surface area contributed by atoms with Gasteiger partial charge in [-0.25, -0.2) is 0 Å². The number of hydroxylamine groups is 2. The van der Waals surface area contributed by atoms with Crippen LogP contribution in [0.15, 0.2) is 30.3 Å². The number of nitrogens with zero attached hydrogens (tertiary/aromatic N) is 1. The van der Waals surface area contributed by atoms with Crippen molar-refractivity contribution in [1.29, 1.82) is 0 Å². The summed E-state index contributed by atoms with van der Waals surface area (Å²) in [4.78, 5) is 47.4. The van der Waals surface area contributed by atoms with Crippen LogP contribution in [0.1, 0.15) is 78.7 Å². The molecular formula is C29H43NO7. The van der Waals surface area contributed by atoms with Gasteiger partial charge in [0.2, 0.25) is 0 Å². The van der Waals surface area contributed by atoms with Crippen molar-refractivity contribution < 1.29 is 33.4 Å². The summed E-state index contributed by atoms with van der Waals surface area (Å²) in [7, 11) is 1.32. The number of piperidine rings is 1. The van der Waals surface area contributed by atoms with Crippen LogP contribution in [0.4, 0.5) is 0 Å². The van der Waals surface area contributed by atoms with Gasteiger partial charge in [0.25, 0.3) is 0 Å². The molecule has 2 fully saturated rings. The van der Waals surface area contributed by atoms with Crippen LogP contribution in [0.3, 0.4) is 0 Å². The first-order valence-electron chi connectivity index (χ1n) is 13.4. The minimum absolute atomic E-state index is 0.0569. The maximum absolute atomic E-state index is 13.9. The van der Waals surface area contributed by atoms with Crippen molar-refractivity contribution in [3.05, 3.63) is 35.9 Å². The van der Waals surface area contributed by atoms with E-state index < -0.39 is 41.1 Å². The van der Waals surface area contributed by atoms with Crippen LogP contribution >= 0.6 is 0 Å². The lowest BCUT2D eigenvalue weighted by Gasteiger charge is -2.51. The third kappa shape index (κ3) is 5.41. The van der Waals surface area contributed by atoms with Crippen LogP contribution in [0, 0.1) is 17.3 Å². The Balaban J connectivity index is 2.15. The molecule has 0 spiro atoms. The van der Waals surface area contributed by atoms with Gasteiger partial charge in [-0.1, -0.05) is 30.3 Å². The van der Waals surface area contributed by atoms with Crippen LogP contribution < -0.4 is 0 Å². The van der Waals surface area contributed by atoms with E-state index in [4.69, 9.17) is 19.0 Å². The molecule has 37 heavy (non-hydrogen) atoms. The molecule has 0 bridgehead atoms. The minimum Gasteiger partial charge on any atom is -0.469 e. The van der Waals surface area contributed by atoms with E-state index in [1.165, 1.54) is 7.11 Å². The zero-order valence-electron chi connectivity index (χ0n) is 23.4. The molecule has 1 heterocycles. The molecule has 1 saturated heterocycles. The maximum Gasteiger partial charge on any atom is 0.324 e. The first kappa shape index (κ1) is 29.1. The van der Waals surface area contributed by atoms with Gasteiger partial charge in [0.15, 0.2) is 5.41 Å². The fourth-order valence-corrected chi connectivity index (χ4v) is 6.60. The van der Waals surface area contributed by atoms with Crippen LogP contribution in [0.2, 0.25) is 0 Å². The minimum atomic E-state index is -1.77. The Morgan fingerprint density at radius 3 is 1.95 bits per heavy atom. The second kappa shape index (κ2) is 11.5. The molecule has 3 atom stereocenters. The van der Waals surface area contributed by atoms with Gasteiger partial charge in [-0.3, -0.25) is 19.2 Å². The van der Waals surface area contributed by atoms with Gasteiger partial charge in [0.05, 0.1) is 32.8 Å². The molecule has 2 aliphatic rings. The van der Waals surface area contributed by atoms with Crippen molar-refractivity contribution in [3.8, 4) is 0 Å². The lowest BCUT2D eigenvalue weighted by atomic mass is 9.68. The Hall–Kier alpha value is -2.45. The summed E-state index contributed by atoms with van der Waals surface area (Å²) >= 11 is 0. The molecule has 0 aromatic heterocycles. The van der Waals surface area contributed by atoms with E-state index in [2.05, 4.69) is 27.7 Å². The van der Waals surface area contributed by atoms with Crippen LogP contribution in [0.5, 0.6) is 0 Å². The van der Waals surface area contributed by atoms with E-state index in [9.17, 15) is 14.4 Å². The zero-order chi connectivity index (χ0) is 27.4. The topological polar surface area (TPSA) is 91.4 Å². The molecule has 0 unspecified atom stereocenters.